The number of fused-ring (bicyclic) bond motifs is 1. The highest BCUT2D eigenvalue weighted by molar-refractivity contribution is 5.39. The van der Waals surface area contributed by atoms with Crippen molar-refractivity contribution >= 4 is 0 Å². The van der Waals surface area contributed by atoms with E-state index in [2.05, 4.69) is 56.2 Å². The molecule has 0 bridgehead atoms. The molecule has 3 nitrogen and oxygen atoms in total. The minimum absolute atomic E-state index is 0.198. The summed E-state index contributed by atoms with van der Waals surface area (Å²) in [4.78, 5) is 2.38. The van der Waals surface area contributed by atoms with E-state index in [1.807, 2.05) is 6.07 Å². The molecule has 1 unspecified atom stereocenters. The minimum Gasteiger partial charge on any atom is -0.493 e. The maximum absolute atomic E-state index is 5.73. The average molecular weight is 262 g/mol. The summed E-state index contributed by atoms with van der Waals surface area (Å²) < 4.78 is 5.73. The molecule has 1 atom stereocenters. The molecule has 0 aliphatic carbocycles. The van der Waals surface area contributed by atoms with Gasteiger partial charge in [0.05, 0.1) is 6.61 Å². The maximum atomic E-state index is 5.73. The highest BCUT2D eigenvalue weighted by Gasteiger charge is 2.24. The van der Waals surface area contributed by atoms with Crippen LogP contribution in [0.1, 0.15) is 32.3 Å². The molecule has 1 N–H and O–H groups in total. The number of hydrogen-bond acceptors (Lipinski definition) is 3. The van der Waals surface area contributed by atoms with Crippen molar-refractivity contribution in [3.8, 4) is 5.75 Å². The van der Waals surface area contributed by atoms with Crippen LogP contribution in [0.4, 0.5) is 0 Å². The molecule has 1 aromatic carbocycles. The zero-order chi connectivity index (χ0) is 13.9. The van der Waals surface area contributed by atoms with Crippen LogP contribution in [-0.4, -0.2) is 43.7 Å². The van der Waals surface area contributed by atoms with E-state index in [4.69, 9.17) is 4.74 Å². The molecule has 0 spiro atoms. The van der Waals surface area contributed by atoms with Crippen molar-refractivity contribution in [2.75, 3.05) is 33.3 Å². The summed E-state index contributed by atoms with van der Waals surface area (Å²) >= 11 is 0. The Kier molecular flexibility index (Phi) is 4.48. The second-order valence-electron chi connectivity index (χ2n) is 6.48. The standard InChI is InChI=1S/C16H26N2O/c1-16(2,3)17-9-10-18(4)11-13-12-19-15-8-6-5-7-14(13)15/h5-8,13,17H,9-12H2,1-4H3. The van der Waals surface area contributed by atoms with Gasteiger partial charge in [-0.05, 0) is 33.9 Å². The topological polar surface area (TPSA) is 24.5 Å². The first kappa shape index (κ1) is 14.4. The minimum atomic E-state index is 0.198. The van der Waals surface area contributed by atoms with Crippen LogP contribution in [0.5, 0.6) is 5.75 Å². The second kappa shape index (κ2) is 5.93. The number of para-hydroxylation sites is 1. The first-order chi connectivity index (χ1) is 8.96. The zero-order valence-electron chi connectivity index (χ0n) is 12.6. The van der Waals surface area contributed by atoms with Crippen molar-refractivity contribution in [1.82, 2.24) is 10.2 Å². The van der Waals surface area contributed by atoms with Gasteiger partial charge in [0.25, 0.3) is 0 Å². The van der Waals surface area contributed by atoms with Crippen LogP contribution in [0.3, 0.4) is 0 Å². The van der Waals surface area contributed by atoms with E-state index in [-0.39, 0.29) is 5.54 Å². The van der Waals surface area contributed by atoms with Crippen molar-refractivity contribution in [1.29, 1.82) is 0 Å². The van der Waals surface area contributed by atoms with Gasteiger partial charge < -0.3 is 15.0 Å². The molecule has 0 aromatic heterocycles. The number of ether oxygens (including phenoxy) is 1. The molecule has 19 heavy (non-hydrogen) atoms. The molecule has 0 saturated carbocycles. The van der Waals surface area contributed by atoms with Gasteiger partial charge in [0.1, 0.15) is 5.75 Å². The Balaban J connectivity index is 1.79. The van der Waals surface area contributed by atoms with Crippen LogP contribution >= 0.6 is 0 Å². The van der Waals surface area contributed by atoms with Crippen LogP contribution in [0, 0.1) is 0 Å². The summed E-state index contributed by atoms with van der Waals surface area (Å²) in [6.45, 7) is 10.6. The van der Waals surface area contributed by atoms with E-state index in [1.165, 1.54) is 5.56 Å². The van der Waals surface area contributed by atoms with Gasteiger partial charge in [-0.3, -0.25) is 0 Å². The van der Waals surface area contributed by atoms with Gasteiger partial charge in [-0.15, -0.1) is 0 Å². The van der Waals surface area contributed by atoms with Crippen LogP contribution in [0.2, 0.25) is 0 Å². The third-order valence-electron chi connectivity index (χ3n) is 3.48. The fourth-order valence-corrected chi connectivity index (χ4v) is 2.47. The number of hydrogen-bond donors (Lipinski definition) is 1. The van der Waals surface area contributed by atoms with Crippen LogP contribution in [0.15, 0.2) is 24.3 Å². The van der Waals surface area contributed by atoms with Crippen molar-refractivity contribution < 1.29 is 4.74 Å². The molecule has 1 heterocycles. The van der Waals surface area contributed by atoms with Crippen molar-refractivity contribution in [3.63, 3.8) is 0 Å². The molecule has 0 amide bonds. The summed E-state index contributed by atoms with van der Waals surface area (Å²) in [5, 5.41) is 3.52. The predicted octanol–water partition coefficient (Wildman–Crippen LogP) is 2.48. The Hall–Kier alpha value is -1.06. The highest BCUT2D eigenvalue weighted by Crippen LogP contribution is 2.33. The maximum Gasteiger partial charge on any atom is 0.122 e. The van der Waals surface area contributed by atoms with E-state index in [0.717, 1.165) is 32.0 Å². The quantitative estimate of drug-likeness (QED) is 0.882. The van der Waals surface area contributed by atoms with E-state index in [0.29, 0.717) is 5.92 Å². The first-order valence-electron chi connectivity index (χ1n) is 7.11. The summed E-state index contributed by atoms with van der Waals surface area (Å²) in [5.41, 5.74) is 1.56. The van der Waals surface area contributed by atoms with Crippen LogP contribution < -0.4 is 10.1 Å². The lowest BCUT2D eigenvalue weighted by atomic mass is 10.0. The monoisotopic (exact) mass is 262 g/mol. The Bertz CT molecular complexity index is 411. The fourth-order valence-electron chi connectivity index (χ4n) is 2.47. The molecule has 0 radical (unpaired) electrons. The average Bonchev–Trinajstić information content (AvgIpc) is 2.71. The van der Waals surface area contributed by atoms with Gasteiger partial charge >= 0.3 is 0 Å². The molecule has 2 rings (SSSR count). The molecule has 1 aromatic rings. The summed E-state index contributed by atoms with van der Waals surface area (Å²) in [6.07, 6.45) is 0. The van der Waals surface area contributed by atoms with Gasteiger partial charge in [-0.25, -0.2) is 0 Å². The smallest absolute Gasteiger partial charge is 0.122 e. The normalized spacial score (nSPS) is 18.5. The van der Waals surface area contributed by atoms with Crippen molar-refractivity contribution in [2.24, 2.45) is 0 Å². The Morgan fingerprint density at radius 3 is 2.79 bits per heavy atom. The van der Waals surface area contributed by atoms with Gasteiger partial charge in [-0.2, -0.15) is 0 Å². The van der Waals surface area contributed by atoms with Crippen LogP contribution in [-0.2, 0) is 0 Å². The summed E-state index contributed by atoms with van der Waals surface area (Å²) in [5.74, 6) is 1.57. The van der Waals surface area contributed by atoms with Gasteiger partial charge in [0.2, 0.25) is 0 Å². The van der Waals surface area contributed by atoms with Crippen LogP contribution in [0.25, 0.3) is 0 Å². The number of nitrogens with zero attached hydrogens (tertiary/aromatic N) is 1. The fraction of sp³-hybridized carbons (Fsp3) is 0.625. The first-order valence-corrected chi connectivity index (χ1v) is 7.11. The lowest BCUT2D eigenvalue weighted by molar-refractivity contribution is 0.259. The molecule has 3 heteroatoms. The van der Waals surface area contributed by atoms with E-state index < -0.39 is 0 Å². The molecule has 0 saturated heterocycles. The van der Waals surface area contributed by atoms with Gasteiger partial charge in [0, 0.05) is 36.7 Å². The SMILES string of the molecule is CN(CCNC(C)(C)C)CC1COc2ccccc21. The summed E-state index contributed by atoms with van der Waals surface area (Å²) in [6, 6.07) is 8.39. The molecule has 1 aliphatic heterocycles. The Morgan fingerprint density at radius 1 is 1.32 bits per heavy atom. The predicted molar refractivity (Wildman–Crippen MR) is 79.9 cm³/mol. The molecule has 1 aliphatic rings. The lowest BCUT2D eigenvalue weighted by Gasteiger charge is -2.25. The zero-order valence-corrected chi connectivity index (χ0v) is 12.6. The molecular formula is C16H26N2O. The van der Waals surface area contributed by atoms with Crippen molar-refractivity contribution in [3.05, 3.63) is 29.8 Å². The third-order valence-corrected chi connectivity index (χ3v) is 3.48. The van der Waals surface area contributed by atoms with E-state index in [9.17, 15) is 0 Å². The molecular weight excluding hydrogens is 236 g/mol. The van der Waals surface area contributed by atoms with Gasteiger partial charge in [0.15, 0.2) is 0 Å². The second-order valence-corrected chi connectivity index (χ2v) is 6.48. The largest absolute Gasteiger partial charge is 0.493 e. The highest BCUT2D eigenvalue weighted by atomic mass is 16.5. The summed E-state index contributed by atoms with van der Waals surface area (Å²) in [7, 11) is 2.19. The number of benzene rings is 1. The van der Waals surface area contributed by atoms with Gasteiger partial charge in [-0.1, -0.05) is 18.2 Å². The Labute approximate surface area is 116 Å². The molecule has 0 fully saturated rings. The molecule has 106 valence electrons. The third kappa shape index (κ3) is 4.22. The number of rotatable bonds is 5. The van der Waals surface area contributed by atoms with E-state index in [1.54, 1.807) is 0 Å². The van der Waals surface area contributed by atoms with Crippen molar-refractivity contribution in [2.45, 2.75) is 32.2 Å². The van der Waals surface area contributed by atoms with E-state index >= 15 is 0 Å². The number of likely N-dealkylation sites (N-methyl/N-ethyl adjacent to an activating group) is 1. The lowest BCUT2D eigenvalue weighted by Crippen LogP contribution is -2.41. The Morgan fingerprint density at radius 2 is 2.05 bits per heavy atom. The number of nitrogens with one attached hydrogen (secondary N) is 1.